The number of hydrogen-bond acceptors (Lipinski definition) is 3. The molecule has 2 aliphatic rings. The van der Waals surface area contributed by atoms with Crippen LogP contribution in [0.5, 0.6) is 5.75 Å². The zero-order valence-electron chi connectivity index (χ0n) is 15.0. The van der Waals surface area contributed by atoms with E-state index in [9.17, 15) is 9.18 Å². The van der Waals surface area contributed by atoms with Gasteiger partial charge in [0.1, 0.15) is 23.7 Å². The second-order valence-electron chi connectivity index (χ2n) is 7.14. The van der Waals surface area contributed by atoms with Gasteiger partial charge in [-0.25, -0.2) is 4.39 Å². The predicted octanol–water partition coefficient (Wildman–Crippen LogP) is 3.61. The minimum atomic E-state index is -0.371. The van der Waals surface area contributed by atoms with Crippen LogP contribution in [0, 0.1) is 5.82 Å². The van der Waals surface area contributed by atoms with E-state index in [0.29, 0.717) is 11.3 Å². The summed E-state index contributed by atoms with van der Waals surface area (Å²) in [6.07, 6.45) is 2.83. The fourth-order valence-electron chi connectivity index (χ4n) is 4.15. The molecule has 136 valence electrons. The number of carbonyl (C=O) groups excluding carboxylic acids is 1. The Morgan fingerprint density at radius 1 is 1.08 bits per heavy atom. The van der Waals surface area contributed by atoms with Gasteiger partial charge in [-0.05, 0) is 49.6 Å². The summed E-state index contributed by atoms with van der Waals surface area (Å²) in [7, 11) is 1.88. The van der Waals surface area contributed by atoms with Crippen LogP contribution >= 0.6 is 0 Å². The summed E-state index contributed by atoms with van der Waals surface area (Å²) >= 11 is 0. The van der Waals surface area contributed by atoms with Gasteiger partial charge in [0.2, 0.25) is 5.91 Å². The number of likely N-dealkylation sites (tertiary alicyclic amines) is 1. The molecule has 1 spiro atoms. The van der Waals surface area contributed by atoms with Crippen molar-refractivity contribution in [2.24, 2.45) is 0 Å². The Bertz CT molecular complexity index is 808. The third-order valence-corrected chi connectivity index (χ3v) is 5.59. The summed E-state index contributed by atoms with van der Waals surface area (Å²) in [5.41, 5.74) is 1.21. The van der Waals surface area contributed by atoms with Crippen molar-refractivity contribution in [3.63, 3.8) is 0 Å². The van der Waals surface area contributed by atoms with Gasteiger partial charge in [-0.3, -0.25) is 4.79 Å². The highest BCUT2D eigenvalue weighted by atomic mass is 19.1. The molecule has 26 heavy (non-hydrogen) atoms. The highest BCUT2D eigenvalue weighted by Gasteiger charge is 2.52. The number of nitrogens with zero attached hydrogens (tertiary/aromatic N) is 2. The normalized spacial score (nSPS) is 22.5. The Morgan fingerprint density at radius 2 is 1.85 bits per heavy atom. The average molecular weight is 354 g/mol. The highest BCUT2D eigenvalue weighted by molar-refractivity contribution is 5.92. The van der Waals surface area contributed by atoms with Crippen LogP contribution in [0.3, 0.4) is 0 Å². The molecular formula is C21H23FN2O2. The summed E-state index contributed by atoms with van der Waals surface area (Å²) in [4.78, 5) is 16.8. The van der Waals surface area contributed by atoms with Gasteiger partial charge < -0.3 is 14.5 Å². The summed E-state index contributed by atoms with van der Waals surface area (Å²) in [6, 6.07) is 14.4. The van der Waals surface area contributed by atoms with Crippen LogP contribution in [0.4, 0.5) is 10.1 Å². The number of amides is 1. The summed E-state index contributed by atoms with van der Waals surface area (Å²) in [5, 5.41) is 0. The van der Waals surface area contributed by atoms with E-state index in [4.69, 9.17) is 4.74 Å². The van der Waals surface area contributed by atoms with Crippen LogP contribution in [-0.4, -0.2) is 36.5 Å². The van der Waals surface area contributed by atoms with E-state index in [-0.39, 0.29) is 23.9 Å². The molecule has 0 bridgehead atoms. The van der Waals surface area contributed by atoms with Crippen molar-refractivity contribution < 1.29 is 13.9 Å². The molecule has 2 aromatic carbocycles. The molecule has 0 aliphatic carbocycles. The number of halogens is 1. The molecule has 2 aromatic rings. The summed E-state index contributed by atoms with van der Waals surface area (Å²) < 4.78 is 19.4. The molecule has 2 fully saturated rings. The maximum atomic E-state index is 13.7. The third kappa shape index (κ3) is 2.81. The Labute approximate surface area is 153 Å². The van der Waals surface area contributed by atoms with Crippen molar-refractivity contribution >= 4 is 11.6 Å². The van der Waals surface area contributed by atoms with Gasteiger partial charge in [0.15, 0.2) is 0 Å². The van der Waals surface area contributed by atoms with Gasteiger partial charge in [0.25, 0.3) is 0 Å². The third-order valence-electron chi connectivity index (χ3n) is 5.59. The zero-order chi connectivity index (χ0) is 18.1. The van der Waals surface area contributed by atoms with Gasteiger partial charge in [-0.1, -0.05) is 18.2 Å². The van der Waals surface area contributed by atoms with Crippen molar-refractivity contribution in [3.05, 3.63) is 59.9 Å². The topological polar surface area (TPSA) is 32.8 Å². The molecule has 1 unspecified atom stereocenters. The first-order chi connectivity index (χ1) is 12.6. The smallest absolute Gasteiger partial charge is 0.248 e. The standard InChI is InChI=1S/C21H23FN2O2/c1-23-14-12-21(20(23)25)11-4-13-24(21)17-7-9-18(10-8-17)26-15-16-5-2-3-6-19(16)22/h2-3,5-10H,4,11-15H2,1H3. The lowest BCUT2D eigenvalue weighted by molar-refractivity contribution is -0.130. The lowest BCUT2D eigenvalue weighted by Crippen LogP contribution is -2.50. The first kappa shape index (κ1) is 16.9. The van der Waals surface area contributed by atoms with Gasteiger partial charge >= 0.3 is 0 Å². The molecule has 1 atom stereocenters. The molecule has 0 aromatic heterocycles. The van der Waals surface area contributed by atoms with E-state index in [2.05, 4.69) is 4.90 Å². The zero-order valence-corrected chi connectivity index (χ0v) is 15.0. The largest absolute Gasteiger partial charge is 0.489 e. The molecule has 1 amide bonds. The maximum Gasteiger partial charge on any atom is 0.248 e. The SMILES string of the molecule is CN1CCC2(CCCN2c2ccc(OCc3ccccc3F)cc2)C1=O. The van der Waals surface area contributed by atoms with Gasteiger partial charge in [0, 0.05) is 31.4 Å². The molecule has 2 heterocycles. The highest BCUT2D eigenvalue weighted by Crippen LogP contribution is 2.41. The Balaban J connectivity index is 1.48. The molecule has 2 saturated heterocycles. The van der Waals surface area contributed by atoms with Crippen molar-refractivity contribution in [2.75, 3.05) is 25.0 Å². The molecule has 4 nitrogen and oxygen atoms in total. The van der Waals surface area contributed by atoms with Crippen LogP contribution in [0.15, 0.2) is 48.5 Å². The van der Waals surface area contributed by atoms with Crippen molar-refractivity contribution in [3.8, 4) is 5.75 Å². The number of hydrogen-bond donors (Lipinski definition) is 0. The predicted molar refractivity (Wildman–Crippen MR) is 98.7 cm³/mol. The lowest BCUT2D eigenvalue weighted by atomic mass is 9.94. The molecule has 0 saturated carbocycles. The van der Waals surface area contributed by atoms with E-state index < -0.39 is 0 Å². The fourth-order valence-corrected chi connectivity index (χ4v) is 4.15. The van der Waals surface area contributed by atoms with Gasteiger partial charge in [-0.15, -0.1) is 0 Å². The number of anilines is 1. The summed E-state index contributed by atoms with van der Waals surface area (Å²) in [6.45, 7) is 1.91. The summed E-state index contributed by atoms with van der Waals surface area (Å²) in [5.74, 6) is 0.669. The minimum absolute atomic E-state index is 0.197. The molecule has 0 radical (unpaired) electrons. The number of carbonyl (C=O) groups is 1. The van der Waals surface area contributed by atoms with Crippen LogP contribution in [-0.2, 0) is 11.4 Å². The van der Waals surface area contributed by atoms with Crippen LogP contribution in [0.25, 0.3) is 0 Å². The lowest BCUT2D eigenvalue weighted by Gasteiger charge is -2.35. The van der Waals surface area contributed by atoms with Crippen molar-refractivity contribution in [1.29, 1.82) is 0 Å². The number of likely N-dealkylation sites (N-methyl/N-ethyl adjacent to an activating group) is 1. The Hall–Kier alpha value is -2.56. The Morgan fingerprint density at radius 3 is 2.54 bits per heavy atom. The van der Waals surface area contributed by atoms with E-state index >= 15 is 0 Å². The number of rotatable bonds is 4. The average Bonchev–Trinajstić information content (AvgIpc) is 3.21. The van der Waals surface area contributed by atoms with E-state index in [1.165, 1.54) is 6.07 Å². The van der Waals surface area contributed by atoms with Crippen LogP contribution in [0.2, 0.25) is 0 Å². The molecule has 2 aliphatic heterocycles. The van der Waals surface area contributed by atoms with Gasteiger partial charge in [-0.2, -0.15) is 0 Å². The Kier molecular flexibility index (Phi) is 4.31. The second-order valence-corrected chi connectivity index (χ2v) is 7.14. The van der Waals surface area contributed by atoms with E-state index in [0.717, 1.165) is 38.0 Å². The second kappa shape index (κ2) is 6.63. The molecule has 4 rings (SSSR count). The maximum absolute atomic E-state index is 13.7. The van der Waals surface area contributed by atoms with Crippen LogP contribution < -0.4 is 9.64 Å². The van der Waals surface area contributed by atoms with E-state index in [1.807, 2.05) is 36.2 Å². The fraction of sp³-hybridized carbons (Fsp3) is 0.381. The number of benzene rings is 2. The van der Waals surface area contributed by atoms with Crippen LogP contribution in [0.1, 0.15) is 24.8 Å². The minimum Gasteiger partial charge on any atom is -0.489 e. The molecular weight excluding hydrogens is 331 g/mol. The van der Waals surface area contributed by atoms with Crippen molar-refractivity contribution in [1.82, 2.24) is 4.90 Å². The quantitative estimate of drug-likeness (QED) is 0.841. The first-order valence-corrected chi connectivity index (χ1v) is 9.10. The number of ether oxygens (including phenoxy) is 1. The van der Waals surface area contributed by atoms with E-state index in [1.54, 1.807) is 18.2 Å². The van der Waals surface area contributed by atoms with Crippen molar-refractivity contribution in [2.45, 2.75) is 31.4 Å². The molecule has 0 N–H and O–H groups in total. The first-order valence-electron chi connectivity index (χ1n) is 9.10. The van der Waals surface area contributed by atoms with Gasteiger partial charge in [0.05, 0.1) is 0 Å². The monoisotopic (exact) mass is 354 g/mol. The molecule has 5 heteroatoms.